The Labute approximate surface area is 80.5 Å². The Kier molecular flexibility index (Phi) is 2.73. The van der Waals surface area contributed by atoms with Crippen LogP contribution in [0.3, 0.4) is 0 Å². The zero-order valence-electron chi connectivity index (χ0n) is 6.97. The summed E-state index contributed by atoms with van der Waals surface area (Å²) in [7, 11) is -3.86. The second kappa shape index (κ2) is 3.64. The molecule has 1 rings (SSSR count). The van der Waals surface area contributed by atoms with Crippen LogP contribution in [-0.4, -0.2) is 19.5 Å². The molecule has 0 aliphatic rings. The summed E-state index contributed by atoms with van der Waals surface area (Å²) in [5.74, 6) is -1.14. The van der Waals surface area contributed by atoms with Crippen molar-refractivity contribution in [2.24, 2.45) is 5.14 Å². The molecular weight excluding hydrogens is 208 g/mol. The van der Waals surface area contributed by atoms with E-state index in [1.54, 1.807) is 0 Å². The molecule has 0 amide bonds. The Balaban J connectivity index is 3.01. The van der Waals surface area contributed by atoms with Crippen LogP contribution in [0.5, 0.6) is 0 Å². The molecule has 0 unspecified atom stereocenters. The van der Waals surface area contributed by atoms with Crippen LogP contribution in [0.15, 0.2) is 24.3 Å². The van der Waals surface area contributed by atoms with Gasteiger partial charge in [0.1, 0.15) is 0 Å². The van der Waals surface area contributed by atoms with Crippen molar-refractivity contribution in [3.63, 3.8) is 0 Å². The predicted octanol–water partition coefficient (Wildman–Crippen LogP) is 0.000200. The molecule has 7 heteroatoms. The number of aromatic carboxylic acids is 1. The number of nitrogens with one attached hydrogen (secondary N) is 1. The molecule has 0 bridgehead atoms. The monoisotopic (exact) mass is 216 g/mol. The molecule has 0 heterocycles. The fourth-order valence-corrected chi connectivity index (χ4v) is 1.34. The van der Waals surface area contributed by atoms with Gasteiger partial charge in [-0.1, -0.05) is 6.07 Å². The van der Waals surface area contributed by atoms with E-state index in [1.165, 1.54) is 24.3 Å². The second-order valence-corrected chi connectivity index (χ2v) is 3.83. The number of carboxylic acids is 1. The summed E-state index contributed by atoms with van der Waals surface area (Å²) in [6, 6.07) is 5.33. The molecule has 76 valence electrons. The van der Waals surface area contributed by atoms with Crippen molar-refractivity contribution in [2.45, 2.75) is 0 Å². The summed E-state index contributed by atoms with van der Waals surface area (Å²) < 4.78 is 23.2. The lowest BCUT2D eigenvalue weighted by Gasteiger charge is -2.03. The Morgan fingerprint density at radius 1 is 1.43 bits per heavy atom. The molecule has 1 aromatic carbocycles. The van der Waals surface area contributed by atoms with E-state index in [9.17, 15) is 13.2 Å². The highest BCUT2D eigenvalue weighted by atomic mass is 32.2. The zero-order valence-corrected chi connectivity index (χ0v) is 7.78. The first-order valence-electron chi connectivity index (χ1n) is 3.52. The summed E-state index contributed by atoms with van der Waals surface area (Å²) in [6.07, 6.45) is 0. The third kappa shape index (κ3) is 3.04. The van der Waals surface area contributed by atoms with Gasteiger partial charge in [0.15, 0.2) is 0 Å². The molecule has 0 saturated heterocycles. The van der Waals surface area contributed by atoms with Crippen molar-refractivity contribution in [3.8, 4) is 0 Å². The number of anilines is 1. The molecule has 1 aromatic rings. The third-order valence-electron chi connectivity index (χ3n) is 1.37. The molecule has 0 aliphatic heterocycles. The van der Waals surface area contributed by atoms with E-state index >= 15 is 0 Å². The van der Waals surface area contributed by atoms with Gasteiger partial charge in [0.05, 0.1) is 11.3 Å². The lowest BCUT2D eigenvalue weighted by Crippen LogP contribution is -2.21. The lowest BCUT2D eigenvalue weighted by atomic mass is 10.2. The van der Waals surface area contributed by atoms with Crippen LogP contribution in [0.25, 0.3) is 0 Å². The predicted molar refractivity (Wildman–Crippen MR) is 50.1 cm³/mol. The SMILES string of the molecule is NS(=O)(=O)Nc1cccc(C(=O)O)c1. The van der Waals surface area contributed by atoms with Crippen molar-refractivity contribution in [3.05, 3.63) is 29.8 Å². The number of benzene rings is 1. The van der Waals surface area contributed by atoms with E-state index in [-0.39, 0.29) is 11.3 Å². The second-order valence-electron chi connectivity index (χ2n) is 2.53. The maximum Gasteiger partial charge on any atom is 0.335 e. The van der Waals surface area contributed by atoms with Gasteiger partial charge < -0.3 is 5.11 Å². The van der Waals surface area contributed by atoms with Gasteiger partial charge in [-0.2, -0.15) is 8.42 Å². The molecule has 6 nitrogen and oxygen atoms in total. The molecule has 0 aromatic heterocycles. The van der Waals surface area contributed by atoms with Gasteiger partial charge in [0, 0.05) is 0 Å². The molecular formula is C7H8N2O4S. The minimum atomic E-state index is -3.86. The first kappa shape index (κ1) is 10.5. The van der Waals surface area contributed by atoms with Crippen LogP contribution in [-0.2, 0) is 10.2 Å². The van der Waals surface area contributed by atoms with Gasteiger partial charge in [-0.05, 0) is 18.2 Å². The van der Waals surface area contributed by atoms with Gasteiger partial charge in [0.2, 0.25) is 0 Å². The fourth-order valence-electron chi connectivity index (χ4n) is 0.880. The van der Waals surface area contributed by atoms with Crippen molar-refractivity contribution in [2.75, 3.05) is 4.72 Å². The zero-order chi connectivity index (χ0) is 10.8. The number of hydrogen-bond donors (Lipinski definition) is 3. The van der Waals surface area contributed by atoms with Gasteiger partial charge in [0.25, 0.3) is 10.2 Å². The number of rotatable bonds is 3. The molecule has 0 aliphatic carbocycles. The van der Waals surface area contributed by atoms with Crippen LogP contribution in [0, 0.1) is 0 Å². The topological polar surface area (TPSA) is 109 Å². The van der Waals surface area contributed by atoms with Crippen molar-refractivity contribution in [1.82, 2.24) is 0 Å². The Bertz CT molecular complexity index is 455. The Morgan fingerprint density at radius 2 is 2.07 bits per heavy atom. The summed E-state index contributed by atoms with van der Waals surface area (Å²) >= 11 is 0. The van der Waals surface area contributed by atoms with Gasteiger partial charge in [-0.15, -0.1) is 0 Å². The quantitative estimate of drug-likeness (QED) is 0.660. The van der Waals surface area contributed by atoms with Crippen molar-refractivity contribution < 1.29 is 18.3 Å². The first-order valence-corrected chi connectivity index (χ1v) is 5.07. The lowest BCUT2D eigenvalue weighted by molar-refractivity contribution is 0.0697. The van der Waals surface area contributed by atoms with E-state index in [0.29, 0.717) is 0 Å². The van der Waals surface area contributed by atoms with Crippen LogP contribution in [0.1, 0.15) is 10.4 Å². The molecule has 14 heavy (non-hydrogen) atoms. The highest BCUT2D eigenvalue weighted by Crippen LogP contribution is 2.10. The number of carboxylic acid groups (broad SMARTS) is 1. The fraction of sp³-hybridized carbons (Fsp3) is 0. The van der Waals surface area contributed by atoms with E-state index in [2.05, 4.69) is 0 Å². The van der Waals surface area contributed by atoms with E-state index < -0.39 is 16.2 Å². The van der Waals surface area contributed by atoms with Crippen molar-refractivity contribution >= 4 is 21.9 Å². The summed E-state index contributed by atoms with van der Waals surface area (Å²) in [5, 5.41) is 13.3. The highest BCUT2D eigenvalue weighted by Gasteiger charge is 2.06. The van der Waals surface area contributed by atoms with Crippen LogP contribution >= 0.6 is 0 Å². The average Bonchev–Trinajstić information content (AvgIpc) is 2.01. The maximum atomic E-state index is 10.6. The van der Waals surface area contributed by atoms with Gasteiger partial charge >= 0.3 is 5.97 Å². The summed E-state index contributed by atoms with van der Waals surface area (Å²) in [6.45, 7) is 0. The third-order valence-corrected chi connectivity index (χ3v) is 1.89. The summed E-state index contributed by atoms with van der Waals surface area (Å²) in [5.41, 5.74) is 0.103. The highest BCUT2D eigenvalue weighted by molar-refractivity contribution is 7.90. The number of nitrogens with two attached hydrogens (primary N) is 1. The van der Waals surface area contributed by atoms with Gasteiger partial charge in [-0.25, -0.2) is 9.93 Å². The maximum absolute atomic E-state index is 10.6. The largest absolute Gasteiger partial charge is 0.478 e. The van der Waals surface area contributed by atoms with Crippen LogP contribution in [0.2, 0.25) is 0 Å². The molecule has 0 fully saturated rings. The molecule has 0 spiro atoms. The normalized spacial score (nSPS) is 10.9. The minimum Gasteiger partial charge on any atom is -0.478 e. The standard InChI is InChI=1S/C7H8N2O4S/c8-14(12,13)9-6-3-1-2-5(4-6)7(10)11/h1-4,9H,(H,10,11)(H2,8,12,13). The van der Waals surface area contributed by atoms with Crippen LogP contribution in [0.4, 0.5) is 5.69 Å². The van der Waals surface area contributed by atoms with Gasteiger partial charge in [-0.3, -0.25) is 4.72 Å². The minimum absolute atomic E-state index is 0.0151. The molecule has 0 atom stereocenters. The first-order chi connectivity index (χ1) is 6.38. The molecule has 0 saturated carbocycles. The average molecular weight is 216 g/mol. The summed E-state index contributed by atoms with van der Waals surface area (Å²) in [4.78, 5) is 10.5. The van der Waals surface area contributed by atoms with Crippen LogP contribution < -0.4 is 9.86 Å². The number of carbonyl (C=O) groups is 1. The Morgan fingerprint density at radius 3 is 2.57 bits per heavy atom. The molecule has 4 N–H and O–H groups in total. The van der Waals surface area contributed by atoms with E-state index in [0.717, 1.165) is 0 Å². The van der Waals surface area contributed by atoms with E-state index in [4.69, 9.17) is 10.2 Å². The smallest absolute Gasteiger partial charge is 0.335 e. The van der Waals surface area contributed by atoms with Crippen molar-refractivity contribution in [1.29, 1.82) is 0 Å². The Hall–Kier alpha value is -1.60. The molecule has 0 radical (unpaired) electrons. The van der Waals surface area contributed by atoms with E-state index in [1.807, 2.05) is 4.72 Å². The number of hydrogen-bond acceptors (Lipinski definition) is 3.